The largest absolute Gasteiger partial charge is 0.481 e. The van der Waals surface area contributed by atoms with E-state index in [-0.39, 0.29) is 6.42 Å². The van der Waals surface area contributed by atoms with E-state index in [9.17, 15) is 4.79 Å². The lowest BCUT2D eigenvalue weighted by atomic mass is 10.0. The molecule has 0 saturated carbocycles. The summed E-state index contributed by atoms with van der Waals surface area (Å²) in [6.07, 6.45) is 11.7. The van der Waals surface area contributed by atoms with Gasteiger partial charge in [-0.05, 0) is 54.3 Å². The molecule has 184 valence electrons. The zero-order valence-electron chi connectivity index (χ0n) is 20.4. The van der Waals surface area contributed by atoms with Crippen LogP contribution in [0.1, 0.15) is 43.2 Å². The number of anilines is 3. The monoisotopic (exact) mass is 482 g/mol. The molecule has 0 unspecified atom stereocenters. The summed E-state index contributed by atoms with van der Waals surface area (Å²) in [4.78, 5) is 26.6. The van der Waals surface area contributed by atoms with Crippen molar-refractivity contribution in [2.45, 2.75) is 38.6 Å². The standard InChI is InChI=1S/C28H30N6O2/c1-33(14-5-3-2-4-6-26(35)36)24-11-9-23(10-12-24)31-27-28-30-13-15-34(28)19-25(32-27)20-7-8-21-17-29-18-22(21)16-20/h7-13,15-17,19H,2-6,14,18H2,1H3,(H,31,32)(H,35,36). The third-order valence-electron chi connectivity index (χ3n) is 6.51. The molecule has 5 rings (SSSR count). The number of aliphatic imine (C=N–C) groups is 1. The fourth-order valence-electron chi connectivity index (χ4n) is 4.47. The molecule has 8 nitrogen and oxygen atoms in total. The van der Waals surface area contributed by atoms with Crippen molar-refractivity contribution >= 4 is 35.0 Å². The number of aromatic nitrogens is 3. The summed E-state index contributed by atoms with van der Waals surface area (Å²) in [6.45, 7) is 1.65. The van der Waals surface area contributed by atoms with Crippen molar-refractivity contribution in [3.05, 3.63) is 72.2 Å². The molecule has 4 aromatic rings. The van der Waals surface area contributed by atoms with E-state index >= 15 is 0 Å². The zero-order valence-corrected chi connectivity index (χ0v) is 20.4. The predicted molar refractivity (Wildman–Crippen MR) is 143 cm³/mol. The maximum atomic E-state index is 10.6. The number of hydrogen-bond acceptors (Lipinski definition) is 6. The maximum Gasteiger partial charge on any atom is 0.303 e. The molecule has 0 aliphatic carbocycles. The summed E-state index contributed by atoms with van der Waals surface area (Å²) in [5.74, 6) is -0.00808. The second kappa shape index (κ2) is 10.6. The average Bonchev–Trinajstić information content (AvgIpc) is 3.55. The summed E-state index contributed by atoms with van der Waals surface area (Å²) >= 11 is 0. The molecule has 8 heteroatoms. The summed E-state index contributed by atoms with van der Waals surface area (Å²) in [5.41, 5.74) is 7.16. The smallest absolute Gasteiger partial charge is 0.303 e. The number of nitrogens with zero attached hydrogens (tertiary/aromatic N) is 5. The molecule has 0 amide bonds. The third-order valence-corrected chi connectivity index (χ3v) is 6.51. The molecule has 0 bridgehead atoms. The molecular weight excluding hydrogens is 452 g/mol. The van der Waals surface area contributed by atoms with Crippen molar-refractivity contribution in [2.24, 2.45) is 4.99 Å². The van der Waals surface area contributed by atoms with Crippen molar-refractivity contribution in [1.29, 1.82) is 0 Å². The Kier molecular flexibility index (Phi) is 6.93. The summed E-state index contributed by atoms with van der Waals surface area (Å²) in [7, 11) is 2.08. The molecule has 2 N–H and O–H groups in total. The minimum atomic E-state index is -0.713. The Morgan fingerprint density at radius 1 is 1.11 bits per heavy atom. The van der Waals surface area contributed by atoms with Crippen LogP contribution in [0.5, 0.6) is 0 Å². The van der Waals surface area contributed by atoms with Crippen LogP contribution in [0.15, 0.2) is 66.0 Å². The SMILES string of the molecule is CN(CCCCCCC(=O)O)c1ccc(Nc2nc(-c3ccc4c(c3)CN=C4)cn3ccnc23)cc1. The van der Waals surface area contributed by atoms with Crippen LogP contribution in [0.2, 0.25) is 0 Å². The summed E-state index contributed by atoms with van der Waals surface area (Å²) in [5, 5.41) is 12.2. The number of benzene rings is 2. The Balaban J connectivity index is 1.26. The Morgan fingerprint density at radius 2 is 1.94 bits per heavy atom. The van der Waals surface area contributed by atoms with Crippen LogP contribution < -0.4 is 10.2 Å². The van der Waals surface area contributed by atoms with Gasteiger partial charge >= 0.3 is 5.97 Å². The van der Waals surface area contributed by atoms with Gasteiger partial charge in [0.15, 0.2) is 11.5 Å². The first-order valence-corrected chi connectivity index (χ1v) is 12.3. The number of carboxylic acid groups (broad SMARTS) is 1. The molecule has 0 radical (unpaired) electrons. The number of hydrogen-bond donors (Lipinski definition) is 2. The molecule has 1 aliphatic heterocycles. The van der Waals surface area contributed by atoms with Crippen molar-refractivity contribution in [2.75, 3.05) is 23.8 Å². The maximum absolute atomic E-state index is 10.6. The van der Waals surface area contributed by atoms with E-state index in [2.05, 4.69) is 69.7 Å². The van der Waals surface area contributed by atoms with Crippen molar-refractivity contribution in [3.63, 3.8) is 0 Å². The van der Waals surface area contributed by atoms with Crippen molar-refractivity contribution in [1.82, 2.24) is 14.4 Å². The van der Waals surface area contributed by atoms with E-state index in [1.807, 2.05) is 23.0 Å². The highest BCUT2D eigenvalue weighted by molar-refractivity contribution is 5.86. The van der Waals surface area contributed by atoms with Gasteiger partial charge in [-0.1, -0.05) is 25.0 Å². The van der Waals surface area contributed by atoms with E-state index < -0.39 is 5.97 Å². The minimum absolute atomic E-state index is 0.259. The zero-order chi connectivity index (χ0) is 24.9. The molecule has 2 aromatic carbocycles. The fourth-order valence-corrected chi connectivity index (χ4v) is 4.47. The van der Waals surface area contributed by atoms with Crippen molar-refractivity contribution in [3.8, 4) is 11.3 Å². The topological polar surface area (TPSA) is 95.1 Å². The lowest BCUT2D eigenvalue weighted by molar-refractivity contribution is -0.137. The van der Waals surface area contributed by atoms with Gasteiger partial charge in [-0.2, -0.15) is 0 Å². The number of unbranched alkanes of at least 4 members (excludes halogenated alkanes) is 3. The molecule has 1 aliphatic rings. The van der Waals surface area contributed by atoms with Crippen LogP contribution in [0, 0.1) is 0 Å². The number of carboxylic acids is 1. The molecular formula is C28H30N6O2. The minimum Gasteiger partial charge on any atom is -0.481 e. The Labute approximate surface area is 210 Å². The predicted octanol–water partition coefficient (Wildman–Crippen LogP) is 5.54. The van der Waals surface area contributed by atoms with Crippen LogP contribution in [0.4, 0.5) is 17.2 Å². The van der Waals surface area contributed by atoms with Crippen LogP contribution in [0.3, 0.4) is 0 Å². The average molecular weight is 483 g/mol. The quantitative estimate of drug-likeness (QED) is 0.272. The van der Waals surface area contributed by atoms with E-state index in [1.165, 1.54) is 11.1 Å². The number of imidazole rings is 1. The van der Waals surface area contributed by atoms with E-state index in [0.29, 0.717) is 12.4 Å². The highest BCUT2D eigenvalue weighted by atomic mass is 16.4. The first-order chi connectivity index (χ1) is 17.6. The molecule has 0 saturated heterocycles. The van der Waals surface area contributed by atoms with Gasteiger partial charge < -0.3 is 19.7 Å². The van der Waals surface area contributed by atoms with E-state index in [4.69, 9.17) is 10.1 Å². The Hall–Kier alpha value is -4.20. The van der Waals surface area contributed by atoms with Gasteiger partial charge in [-0.3, -0.25) is 9.79 Å². The summed E-state index contributed by atoms with van der Waals surface area (Å²) in [6, 6.07) is 14.6. The van der Waals surface area contributed by atoms with Gasteiger partial charge in [0.2, 0.25) is 0 Å². The van der Waals surface area contributed by atoms with Crippen LogP contribution >= 0.6 is 0 Å². The van der Waals surface area contributed by atoms with Crippen LogP contribution in [-0.4, -0.2) is 45.3 Å². The fraction of sp³-hybridized carbons (Fsp3) is 0.286. The third kappa shape index (κ3) is 5.38. The molecule has 0 spiro atoms. The molecule has 36 heavy (non-hydrogen) atoms. The second-order valence-corrected chi connectivity index (χ2v) is 9.17. The van der Waals surface area contributed by atoms with Gasteiger partial charge in [0, 0.05) is 61.8 Å². The normalized spacial score (nSPS) is 12.1. The number of fused-ring (bicyclic) bond motifs is 2. The first-order valence-electron chi connectivity index (χ1n) is 12.3. The summed E-state index contributed by atoms with van der Waals surface area (Å²) < 4.78 is 1.99. The number of carbonyl (C=O) groups is 1. The van der Waals surface area contributed by atoms with Gasteiger partial charge in [-0.25, -0.2) is 9.97 Å². The van der Waals surface area contributed by atoms with Gasteiger partial charge in [0.1, 0.15) is 0 Å². The number of aliphatic carboxylic acids is 1. The van der Waals surface area contributed by atoms with Gasteiger partial charge in [-0.15, -0.1) is 0 Å². The second-order valence-electron chi connectivity index (χ2n) is 9.17. The highest BCUT2D eigenvalue weighted by Crippen LogP contribution is 2.28. The first kappa shape index (κ1) is 23.5. The number of nitrogens with one attached hydrogen (secondary N) is 1. The number of rotatable bonds is 11. The molecule has 2 aromatic heterocycles. The Morgan fingerprint density at radius 3 is 2.78 bits per heavy atom. The van der Waals surface area contributed by atoms with Crippen LogP contribution in [-0.2, 0) is 11.3 Å². The van der Waals surface area contributed by atoms with E-state index in [1.54, 1.807) is 6.20 Å². The lowest BCUT2D eigenvalue weighted by Crippen LogP contribution is -2.18. The van der Waals surface area contributed by atoms with Gasteiger partial charge in [0.25, 0.3) is 0 Å². The lowest BCUT2D eigenvalue weighted by Gasteiger charge is -2.19. The van der Waals surface area contributed by atoms with E-state index in [0.717, 1.165) is 60.5 Å². The van der Waals surface area contributed by atoms with Gasteiger partial charge in [0.05, 0.1) is 12.2 Å². The Bertz CT molecular complexity index is 1390. The van der Waals surface area contributed by atoms with Crippen molar-refractivity contribution < 1.29 is 9.90 Å². The molecule has 3 heterocycles. The highest BCUT2D eigenvalue weighted by Gasteiger charge is 2.13. The molecule has 0 fully saturated rings. The molecule has 0 atom stereocenters. The van der Waals surface area contributed by atoms with Crippen LogP contribution in [0.25, 0.3) is 16.9 Å².